The number of carbonyl (C=O) groups excluding carboxylic acids is 2. The zero-order chi connectivity index (χ0) is 23.6. The summed E-state index contributed by atoms with van der Waals surface area (Å²) in [6.07, 6.45) is 4.34. The summed E-state index contributed by atoms with van der Waals surface area (Å²) >= 11 is 0. The van der Waals surface area contributed by atoms with Crippen LogP contribution in [0.3, 0.4) is 0 Å². The third-order valence-electron chi connectivity index (χ3n) is 6.23. The lowest BCUT2D eigenvalue weighted by Crippen LogP contribution is -2.49. The molecule has 2 fully saturated rings. The number of benzene rings is 1. The second kappa shape index (κ2) is 10.6. The fraction of sp³-hybridized carbons (Fsp3) is 0.500. The van der Waals surface area contributed by atoms with E-state index in [-0.39, 0.29) is 36.4 Å². The average Bonchev–Trinajstić information content (AvgIpc) is 3.22. The molecule has 186 valence electrons. The van der Waals surface area contributed by atoms with Crippen LogP contribution < -0.4 is 10.6 Å². The highest BCUT2D eigenvalue weighted by Crippen LogP contribution is 2.25. The molecule has 2 amide bonds. The summed E-state index contributed by atoms with van der Waals surface area (Å²) in [6, 6.07) is 3.31. The van der Waals surface area contributed by atoms with Gasteiger partial charge >= 0.3 is 0 Å². The number of aromatic amines is 1. The van der Waals surface area contributed by atoms with E-state index in [0.717, 1.165) is 43.9 Å². The third-order valence-corrected chi connectivity index (χ3v) is 7.84. The quantitative estimate of drug-likeness (QED) is 0.583. The highest BCUT2D eigenvalue weighted by molar-refractivity contribution is 7.91. The van der Waals surface area contributed by atoms with Gasteiger partial charge in [0.2, 0.25) is 0 Å². The second-order valence-corrected chi connectivity index (χ2v) is 10.7. The Labute approximate surface area is 197 Å². The summed E-state index contributed by atoms with van der Waals surface area (Å²) in [4.78, 5) is 27.3. The number of hydrogen-bond donors (Lipinski definition) is 3. The molecule has 1 saturated carbocycles. The maximum Gasteiger partial charge on any atom is 0.271 e. The molecule has 0 bridgehead atoms. The minimum atomic E-state index is -2.92. The number of carbonyl (C=O) groups is 2. The van der Waals surface area contributed by atoms with E-state index < -0.39 is 38.8 Å². The van der Waals surface area contributed by atoms with Crippen LogP contribution in [0.25, 0.3) is 0 Å². The van der Waals surface area contributed by atoms with E-state index in [4.69, 9.17) is 0 Å². The van der Waals surface area contributed by atoms with Gasteiger partial charge in [0.15, 0.2) is 9.84 Å². The number of nitrogens with one attached hydrogen (secondary N) is 3. The first kappa shape index (κ1) is 25.8. The monoisotopic (exact) mass is 497 g/mol. The minimum Gasteiger partial charge on any atom is -0.348 e. The van der Waals surface area contributed by atoms with Gasteiger partial charge in [-0.2, -0.15) is 5.10 Å². The van der Waals surface area contributed by atoms with E-state index >= 15 is 0 Å². The zero-order valence-electron chi connectivity index (χ0n) is 17.8. The van der Waals surface area contributed by atoms with E-state index in [0.29, 0.717) is 19.1 Å². The van der Waals surface area contributed by atoms with Crippen LogP contribution in [0.5, 0.6) is 0 Å². The van der Waals surface area contributed by atoms with Crippen LogP contribution in [-0.4, -0.2) is 72.0 Å². The molecule has 1 aromatic carbocycles. The molecule has 9 nitrogen and oxygen atoms in total. The lowest BCUT2D eigenvalue weighted by atomic mass is 9.90. The lowest BCUT2D eigenvalue weighted by Gasteiger charge is -2.38. The Bertz CT molecular complexity index is 1110. The molecule has 2 aliphatic rings. The predicted octanol–water partition coefficient (Wildman–Crippen LogP) is 2.35. The van der Waals surface area contributed by atoms with Crippen molar-refractivity contribution in [3.63, 3.8) is 0 Å². The smallest absolute Gasteiger partial charge is 0.271 e. The number of halogens is 2. The lowest BCUT2D eigenvalue weighted by molar-refractivity contribution is 0.0901. The molecule has 34 heavy (non-hydrogen) atoms. The van der Waals surface area contributed by atoms with Gasteiger partial charge in [-0.15, -0.1) is 0 Å². The first-order chi connectivity index (χ1) is 15.7. The minimum absolute atomic E-state index is 0. The van der Waals surface area contributed by atoms with E-state index in [1.54, 1.807) is 0 Å². The standard InChI is InChI=1S/C21H25F2N5O4S.CH4/c22-15-2-1-3-16(23)18(15)20(29)26-17-12-24-27-19(17)21(30)25-13-4-6-14(7-5-13)28-8-10-33(31,32)11-9-28;/h1-3,12-14H,4-11H2,(H,24,27)(H,25,30)(H,26,29);1H4. The van der Waals surface area contributed by atoms with Crippen molar-refractivity contribution in [3.8, 4) is 0 Å². The largest absolute Gasteiger partial charge is 0.348 e. The summed E-state index contributed by atoms with van der Waals surface area (Å²) in [6.45, 7) is 1.09. The van der Waals surface area contributed by atoms with Crippen LogP contribution in [0.15, 0.2) is 24.4 Å². The van der Waals surface area contributed by atoms with Gasteiger partial charge < -0.3 is 10.6 Å². The molecule has 1 aliphatic heterocycles. The second-order valence-electron chi connectivity index (χ2n) is 8.38. The molecular weight excluding hydrogens is 468 g/mol. The van der Waals surface area contributed by atoms with Gasteiger partial charge in [-0.05, 0) is 37.8 Å². The van der Waals surface area contributed by atoms with Crippen LogP contribution in [0, 0.1) is 11.6 Å². The van der Waals surface area contributed by atoms with Crippen molar-refractivity contribution in [1.82, 2.24) is 20.4 Å². The van der Waals surface area contributed by atoms with Gasteiger partial charge in [0.1, 0.15) is 22.9 Å². The van der Waals surface area contributed by atoms with E-state index in [2.05, 4.69) is 25.7 Å². The molecule has 0 radical (unpaired) electrons. The number of sulfone groups is 1. The number of anilines is 1. The first-order valence-corrected chi connectivity index (χ1v) is 12.6. The Morgan fingerprint density at radius 1 is 1.03 bits per heavy atom. The van der Waals surface area contributed by atoms with Crippen LogP contribution in [0.4, 0.5) is 14.5 Å². The molecule has 2 aromatic rings. The Morgan fingerprint density at radius 2 is 1.65 bits per heavy atom. The molecule has 1 aliphatic carbocycles. The summed E-state index contributed by atoms with van der Waals surface area (Å²) in [7, 11) is -2.92. The van der Waals surface area contributed by atoms with Gasteiger partial charge in [0, 0.05) is 25.2 Å². The van der Waals surface area contributed by atoms with Crippen molar-refractivity contribution in [2.75, 3.05) is 29.9 Å². The SMILES string of the molecule is C.O=C(NC1CCC(N2CCS(=O)(=O)CC2)CC1)c1[nH]ncc1NC(=O)c1c(F)cccc1F. The van der Waals surface area contributed by atoms with Crippen molar-refractivity contribution < 1.29 is 26.8 Å². The zero-order valence-corrected chi connectivity index (χ0v) is 18.6. The van der Waals surface area contributed by atoms with E-state index in [9.17, 15) is 26.8 Å². The summed E-state index contributed by atoms with van der Waals surface area (Å²) in [5, 5.41) is 11.5. The van der Waals surface area contributed by atoms with Crippen LogP contribution >= 0.6 is 0 Å². The molecule has 4 rings (SSSR count). The number of hydrogen-bond acceptors (Lipinski definition) is 6. The number of nitrogens with zero attached hydrogens (tertiary/aromatic N) is 2. The Balaban J connectivity index is 0.00000324. The molecule has 1 saturated heterocycles. The highest BCUT2D eigenvalue weighted by atomic mass is 32.2. The topological polar surface area (TPSA) is 124 Å². The predicted molar refractivity (Wildman–Crippen MR) is 123 cm³/mol. The maximum absolute atomic E-state index is 13.9. The van der Waals surface area contributed by atoms with Gasteiger partial charge in [0.05, 0.1) is 23.4 Å². The normalized spacial score (nSPS) is 22.4. The molecule has 12 heteroatoms. The average molecular weight is 498 g/mol. The molecule has 0 atom stereocenters. The molecule has 3 N–H and O–H groups in total. The van der Waals surface area contributed by atoms with Gasteiger partial charge in [-0.25, -0.2) is 17.2 Å². The Morgan fingerprint density at radius 3 is 2.26 bits per heavy atom. The highest BCUT2D eigenvalue weighted by Gasteiger charge is 2.31. The fourth-order valence-electron chi connectivity index (χ4n) is 4.39. The number of amides is 2. The fourth-order valence-corrected chi connectivity index (χ4v) is 5.62. The summed E-state index contributed by atoms with van der Waals surface area (Å²) in [5.74, 6) is -3.15. The summed E-state index contributed by atoms with van der Waals surface area (Å²) < 4.78 is 51.0. The van der Waals surface area contributed by atoms with E-state index in [1.807, 2.05) is 0 Å². The molecule has 2 heterocycles. The molecular formula is C22H29F2N5O4S. The number of H-pyrrole nitrogens is 1. The van der Waals surface area contributed by atoms with Crippen LogP contribution in [0.1, 0.15) is 54.0 Å². The van der Waals surface area contributed by atoms with Crippen LogP contribution in [0.2, 0.25) is 0 Å². The Hall–Kier alpha value is -2.86. The van der Waals surface area contributed by atoms with E-state index in [1.165, 1.54) is 6.20 Å². The van der Waals surface area contributed by atoms with Crippen molar-refractivity contribution in [3.05, 3.63) is 47.3 Å². The first-order valence-electron chi connectivity index (χ1n) is 10.8. The van der Waals surface area contributed by atoms with Crippen molar-refractivity contribution >= 4 is 27.3 Å². The van der Waals surface area contributed by atoms with Crippen molar-refractivity contribution in [1.29, 1.82) is 0 Å². The summed E-state index contributed by atoms with van der Waals surface area (Å²) in [5.41, 5.74) is -0.735. The van der Waals surface area contributed by atoms with Crippen LogP contribution in [-0.2, 0) is 9.84 Å². The van der Waals surface area contributed by atoms with Crippen molar-refractivity contribution in [2.24, 2.45) is 0 Å². The maximum atomic E-state index is 13.9. The third kappa shape index (κ3) is 5.79. The molecule has 0 unspecified atom stereocenters. The van der Waals surface area contributed by atoms with Gasteiger partial charge in [0.25, 0.3) is 11.8 Å². The molecule has 0 spiro atoms. The van der Waals surface area contributed by atoms with Gasteiger partial charge in [-0.1, -0.05) is 13.5 Å². The Kier molecular flexibility index (Phi) is 8.03. The molecule has 1 aromatic heterocycles. The number of rotatable bonds is 5. The number of aromatic nitrogens is 2. The van der Waals surface area contributed by atoms with Crippen molar-refractivity contribution in [2.45, 2.75) is 45.2 Å². The van der Waals surface area contributed by atoms with Gasteiger partial charge in [-0.3, -0.25) is 19.6 Å².